The number of thioether (sulfide) groups is 1. The Morgan fingerprint density at radius 1 is 1.06 bits per heavy atom. The third-order valence-corrected chi connectivity index (χ3v) is 11.7. The van der Waals surface area contributed by atoms with Gasteiger partial charge in [-0.05, 0) is 110 Å². The number of amides is 1. The summed E-state index contributed by atoms with van der Waals surface area (Å²) in [4.78, 5) is 11.8. The van der Waals surface area contributed by atoms with Gasteiger partial charge < -0.3 is 20.3 Å². The number of fused-ring (bicyclic) bond motifs is 5. The zero-order valence-corrected chi connectivity index (χ0v) is 22.7. The molecule has 0 heterocycles. The lowest BCUT2D eigenvalue weighted by Gasteiger charge is -2.64. The number of aliphatic hydroxyl groups is 2. The third-order valence-electron chi connectivity index (χ3n) is 11.1. The topological polar surface area (TPSA) is 78.8 Å². The van der Waals surface area contributed by atoms with Crippen molar-refractivity contribution < 1.29 is 19.7 Å². The molecule has 34 heavy (non-hydrogen) atoms. The molecule has 0 radical (unpaired) electrons. The van der Waals surface area contributed by atoms with Gasteiger partial charge >= 0.3 is 6.09 Å². The van der Waals surface area contributed by atoms with Crippen LogP contribution in [0.3, 0.4) is 0 Å². The van der Waals surface area contributed by atoms with Crippen molar-refractivity contribution in [2.45, 2.75) is 97.2 Å². The number of rotatable bonds is 8. The van der Waals surface area contributed by atoms with E-state index in [1.165, 1.54) is 25.7 Å². The van der Waals surface area contributed by atoms with Crippen LogP contribution in [0, 0.1) is 46.3 Å². The minimum Gasteiger partial charge on any atom is -0.450 e. The van der Waals surface area contributed by atoms with Crippen LogP contribution in [0.15, 0.2) is 0 Å². The van der Waals surface area contributed by atoms with E-state index in [2.05, 4.69) is 26.1 Å². The van der Waals surface area contributed by atoms with Gasteiger partial charge in [0.2, 0.25) is 0 Å². The second-order valence-electron chi connectivity index (χ2n) is 12.4. The summed E-state index contributed by atoms with van der Waals surface area (Å²) in [6, 6.07) is 0. The van der Waals surface area contributed by atoms with E-state index in [1.54, 1.807) is 11.8 Å². The van der Waals surface area contributed by atoms with Crippen molar-refractivity contribution in [3.8, 4) is 0 Å². The summed E-state index contributed by atoms with van der Waals surface area (Å²) in [5.74, 6) is 3.94. The normalized spacial score (nSPS) is 45.7. The van der Waals surface area contributed by atoms with Crippen molar-refractivity contribution >= 4 is 17.9 Å². The maximum atomic E-state index is 11.8. The number of hydrogen-bond donors (Lipinski definition) is 3. The predicted octanol–water partition coefficient (Wildman–Crippen LogP) is 5.48. The van der Waals surface area contributed by atoms with Crippen molar-refractivity contribution in [1.29, 1.82) is 0 Å². The molecule has 0 bridgehead atoms. The van der Waals surface area contributed by atoms with Crippen LogP contribution in [0.2, 0.25) is 0 Å². The van der Waals surface area contributed by atoms with Crippen LogP contribution in [0.4, 0.5) is 4.79 Å². The average Bonchev–Trinajstić information content (AvgIpc) is 3.14. The number of hydrogen-bond acceptors (Lipinski definition) is 5. The SMILES string of the molecule is CC[C@H]1[C@@H](O)[C@@H]2[C@H](CC[C@]3(C)[C@@H](CCCOC(=O)NCCSC)CC[C@@H]23)[C@@]2(C)CC[C@@H](O)C[C@@H]12. The first-order valence-electron chi connectivity index (χ1n) is 14.0. The molecule has 6 heteroatoms. The number of carbonyl (C=O) groups is 1. The summed E-state index contributed by atoms with van der Waals surface area (Å²) in [5, 5.41) is 25.0. The fourth-order valence-corrected chi connectivity index (χ4v) is 9.65. The van der Waals surface area contributed by atoms with E-state index in [9.17, 15) is 15.0 Å². The van der Waals surface area contributed by atoms with E-state index in [4.69, 9.17) is 4.74 Å². The van der Waals surface area contributed by atoms with Crippen LogP contribution >= 0.6 is 11.8 Å². The zero-order valence-electron chi connectivity index (χ0n) is 21.9. The summed E-state index contributed by atoms with van der Waals surface area (Å²) in [6.45, 7) is 8.41. The Kier molecular flexibility index (Phi) is 8.51. The van der Waals surface area contributed by atoms with E-state index >= 15 is 0 Å². The minimum atomic E-state index is -0.290. The Bertz CT molecular complexity index is 706. The lowest BCUT2D eigenvalue weighted by molar-refractivity contribution is -0.202. The minimum absolute atomic E-state index is 0.185. The molecule has 4 fully saturated rings. The standard InChI is InChI=1S/C28H49NO4S/c1-5-20-23-17-19(30)10-12-28(23,3)22-11-13-27(2)18(8-9-21(27)24(22)25(20)31)7-6-15-33-26(32)29-14-16-34-4/h18-25,30-31H,5-17H2,1-4H3,(H,29,32)/t18-,19+,20+,21-,22-,23-,24-,25+,27+,28+/m0/s1. The molecule has 0 saturated heterocycles. The first-order valence-corrected chi connectivity index (χ1v) is 15.4. The van der Waals surface area contributed by atoms with Crippen LogP contribution in [0.5, 0.6) is 0 Å². The maximum absolute atomic E-state index is 11.8. The van der Waals surface area contributed by atoms with Crippen LogP contribution in [-0.2, 0) is 4.74 Å². The highest BCUT2D eigenvalue weighted by atomic mass is 32.2. The molecule has 196 valence electrons. The summed E-state index contributed by atoms with van der Waals surface area (Å²) in [5.41, 5.74) is 0.555. The molecule has 0 spiro atoms. The van der Waals surface area contributed by atoms with Gasteiger partial charge in [0.1, 0.15) is 0 Å². The first kappa shape index (κ1) is 26.6. The number of carbonyl (C=O) groups excluding carboxylic acids is 1. The van der Waals surface area contributed by atoms with Gasteiger partial charge in [0, 0.05) is 12.3 Å². The second-order valence-corrected chi connectivity index (χ2v) is 13.4. The Hall–Kier alpha value is -0.460. The smallest absolute Gasteiger partial charge is 0.407 e. The largest absolute Gasteiger partial charge is 0.450 e. The highest BCUT2D eigenvalue weighted by Gasteiger charge is 2.64. The molecular formula is C28H49NO4S. The van der Waals surface area contributed by atoms with Crippen LogP contribution in [0.25, 0.3) is 0 Å². The number of nitrogens with one attached hydrogen (secondary N) is 1. The van der Waals surface area contributed by atoms with Crippen LogP contribution in [0.1, 0.15) is 85.0 Å². The van der Waals surface area contributed by atoms with Gasteiger partial charge in [0.25, 0.3) is 0 Å². The first-order chi connectivity index (χ1) is 16.3. The van der Waals surface area contributed by atoms with Gasteiger partial charge in [0.05, 0.1) is 18.8 Å². The van der Waals surface area contributed by atoms with Crippen molar-refractivity contribution in [3.05, 3.63) is 0 Å². The number of ether oxygens (including phenoxy) is 1. The average molecular weight is 496 g/mol. The molecule has 4 rings (SSSR count). The van der Waals surface area contributed by atoms with E-state index in [1.807, 2.05) is 6.26 Å². The molecule has 0 unspecified atom stereocenters. The quantitative estimate of drug-likeness (QED) is 0.389. The van der Waals surface area contributed by atoms with E-state index < -0.39 is 0 Å². The molecule has 0 aromatic heterocycles. The van der Waals surface area contributed by atoms with Gasteiger partial charge in [-0.3, -0.25) is 0 Å². The molecule has 1 amide bonds. The van der Waals surface area contributed by atoms with Crippen LogP contribution in [-0.4, -0.2) is 53.7 Å². The van der Waals surface area contributed by atoms with Crippen molar-refractivity contribution in [2.24, 2.45) is 46.3 Å². The summed E-state index contributed by atoms with van der Waals surface area (Å²) in [6.07, 6.45) is 12.3. The Labute approximate surface area is 211 Å². The molecule has 4 saturated carbocycles. The van der Waals surface area contributed by atoms with E-state index in [-0.39, 0.29) is 23.7 Å². The highest BCUT2D eigenvalue weighted by Crippen LogP contribution is 2.69. The fourth-order valence-electron chi connectivity index (χ4n) is 9.34. The highest BCUT2D eigenvalue weighted by molar-refractivity contribution is 7.98. The van der Waals surface area contributed by atoms with E-state index in [0.717, 1.165) is 44.3 Å². The van der Waals surface area contributed by atoms with Gasteiger partial charge in [-0.25, -0.2) is 4.79 Å². The number of aliphatic hydroxyl groups excluding tert-OH is 2. The maximum Gasteiger partial charge on any atom is 0.407 e. The molecule has 4 aliphatic carbocycles. The third kappa shape index (κ3) is 4.77. The lowest BCUT2D eigenvalue weighted by atomic mass is 9.41. The molecule has 0 aliphatic heterocycles. The van der Waals surface area contributed by atoms with Crippen molar-refractivity contribution in [2.75, 3.05) is 25.2 Å². The molecular weight excluding hydrogens is 446 g/mol. The van der Waals surface area contributed by atoms with Gasteiger partial charge in [0.15, 0.2) is 0 Å². The van der Waals surface area contributed by atoms with Crippen LogP contribution < -0.4 is 5.32 Å². The van der Waals surface area contributed by atoms with Gasteiger partial charge in [-0.15, -0.1) is 0 Å². The zero-order chi connectivity index (χ0) is 24.5. The predicted molar refractivity (Wildman–Crippen MR) is 139 cm³/mol. The van der Waals surface area contributed by atoms with Gasteiger partial charge in [-0.1, -0.05) is 27.2 Å². The lowest BCUT2D eigenvalue weighted by Crippen LogP contribution is -2.62. The Balaban J connectivity index is 1.40. The Morgan fingerprint density at radius 3 is 2.53 bits per heavy atom. The van der Waals surface area contributed by atoms with Gasteiger partial charge in [-0.2, -0.15) is 11.8 Å². The number of alkyl carbamates (subject to hydrolysis) is 1. The molecule has 10 atom stereocenters. The fraction of sp³-hybridized carbons (Fsp3) is 0.964. The molecule has 0 aromatic rings. The molecule has 0 aromatic carbocycles. The molecule has 5 nitrogen and oxygen atoms in total. The van der Waals surface area contributed by atoms with E-state index in [0.29, 0.717) is 54.1 Å². The van der Waals surface area contributed by atoms with Crippen molar-refractivity contribution in [1.82, 2.24) is 5.32 Å². The molecule has 3 N–H and O–H groups in total. The monoisotopic (exact) mass is 495 g/mol. The molecule has 4 aliphatic rings. The summed E-state index contributed by atoms with van der Waals surface area (Å²) in [7, 11) is 0. The summed E-state index contributed by atoms with van der Waals surface area (Å²) >= 11 is 1.71. The second kappa shape index (κ2) is 10.9. The van der Waals surface area contributed by atoms with Crippen molar-refractivity contribution in [3.63, 3.8) is 0 Å². The Morgan fingerprint density at radius 2 is 1.79 bits per heavy atom. The summed E-state index contributed by atoms with van der Waals surface area (Å²) < 4.78 is 5.41.